The Bertz CT molecular complexity index is 1360. The van der Waals surface area contributed by atoms with E-state index in [1.807, 2.05) is 0 Å². The molecule has 1 amide bonds. The smallest absolute Gasteiger partial charge is 0.417 e. The summed E-state index contributed by atoms with van der Waals surface area (Å²) >= 11 is 5.67. The van der Waals surface area contributed by atoms with E-state index in [1.165, 1.54) is 37.3 Å². The van der Waals surface area contributed by atoms with Crippen LogP contribution >= 0.6 is 11.6 Å². The number of hydrogen-bond acceptors (Lipinski definition) is 5. The molecule has 184 valence electrons. The molecule has 0 bridgehead atoms. The number of phenolic OH excluding ortho intramolecular Hbond substituents is 1. The Balaban J connectivity index is 1.98. The van der Waals surface area contributed by atoms with Gasteiger partial charge >= 0.3 is 6.18 Å². The summed E-state index contributed by atoms with van der Waals surface area (Å²) in [6, 6.07) is 15.7. The predicted molar refractivity (Wildman–Crippen MR) is 126 cm³/mol. The second-order valence-electron chi connectivity index (χ2n) is 7.24. The molecule has 35 heavy (non-hydrogen) atoms. The minimum Gasteiger partial charge on any atom is -0.507 e. The van der Waals surface area contributed by atoms with Gasteiger partial charge in [0.25, 0.3) is 15.9 Å². The third-order valence-corrected chi connectivity index (χ3v) is 6.92. The number of hydrogen-bond donors (Lipinski definition) is 2. The summed E-state index contributed by atoms with van der Waals surface area (Å²) in [7, 11) is -4.45. The van der Waals surface area contributed by atoms with Crippen molar-refractivity contribution in [3.8, 4) is 5.75 Å². The van der Waals surface area contributed by atoms with Gasteiger partial charge in [-0.2, -0.15) is 18.3 Å². The fraction of sp³-hybridized carbons (Fsp3) is 0.130. The van der Waals surface area contributed by atoms with Crippen molar-refractivity contribution < 1.29 is 31.5 Å². The molecule has 0 unspecified atom stereocenters. The summed E-state index contributed by atoms with van der Waals surface area (Å²) in [6.45, 7) is 0.621. The summed E-state index contributed by atoms with van der Waals surface area (Å²) in [5, 5.41) is 13.1. The monoisotopic (exact) mass is 525 g/mol. The van der Waals surface area contributed by atoms with E-state index in [0.29, 0.717) is 15.9 Å². The number of anilines is 1. The standard InChI is InChI=1S/C23H19ClF3N3O4S/c1-15(18-9-5-6-10-21(18)31)28-29-22(32)14-30(35(33,34)17-7-3-2-4-8-17)16-11-12-20(24)19(13-16)23(25,26)27/h2-13,31H,14H2,1H3,(H,29,32)/b28-15+. The molecule has 0 atom stereocenters. The van der Waals surface area contributed by atoms with Crippen LogP contribution < -0.4 is 9.73 Å². The van der Waals surface area contributed by atoms with Crippen LogP contribution in [0.2, 0.25) is 5.02 Å². The maximum Gasteiger partial charge on any atom is 0.417 e. The lowest BCUT2D eigenvalue weighted by Crippen LogP contribution is -2.40. The Morgan fingerprint density at radius 2 is 1.69 bits per heavy atom. The Morgan fingerprint density at radius 3 is 2.31 bits per heavy atom. The van der Waals surface area contributed by atoms with Crippen molar-refractivity contribution in [2.75, 3.05) is 10.8 Å². The summed E-state index contributed by atoms with van der Waals surface area (Å²) in [4.78, 5) is 12.4. The van der Waals surface area contributed by atoms with Crippen molar-refractivity contribution >= 4 is 38.9 Å². The lowest BCUT2D eigenvalue weighted by atomic mass is 10.1. The highest BCUT2D eigenvalue weighted by atomic mass is 35.5. The zero-order chi connectivity index (χ0) is 25.8. The Morgan fingerprint density at radius 1 is 1.06 bits per heavy atom. The van der Waals surface area contributed by atoms with Crippen molar-refractivity contribution in [2.24, 2.45) is 5.10 Å². The third kappa shape index (κ3) is 6.11. The zero-order valence-corrected chi connectivity index (χ0v) is 19.7. The molecule has 3 aromatic carbocycles. The van der Waals surface area contributed by atoms with E-state index < -0.39 is 44.9 Å². The molecule has 0 aliphatic heterocycles. The summed E-state index contributed by atoms with van der Waals surface area (Å²) in [5.74, 6) is -1.01. The molecular weight excluding hydrogens is 507 g/mol. The van der Waals surface area contributed by atoms with E-state index in [9.17, 15) is 31.5 Å². The fourth-order valence-corrected chi connectivity index (χ4v) is 4.73. The Labute approximate surface area is 204 Å². The molecule has 0 aliphatic carbocycles. The molecule has 2 N–H and O–H groups in total. The molecule has 0 spiro atoms. The van der Waals surface area contributed by atoms with Gasteiger partial charge in [0.2, 0.25) is 0 Å². The van der Waals surface area contributed by atoms with Gasteiger partial charge in [-0.25, -0.2) is 13.8 Å². The Kier molecular flexibility index (Phi) is 7.71. The second kappa shape index (κ2) is 10.4. The van der Waals surface area contributed by atoms with Crippen LogP contribution in [0.15, 0.2) is 82.8 Å². The number of sulfonamides is 1. The molecular formula is C23H19ClF3N3O4S. The number of carbonyl (C=O) groups excluding carboxylic acids is 1. The lowest BCUT2D eigenvalue weighted by Gasteiger charge is -2.25. The number of rotatable bonds is 7. The topological polar surface area (TPSA) is 99.1 Å². The van der Waals surface area contributed by atoms with Gasteiger partial charge in [0, 0.05) is 5.56 Å². The van der Waals surface area contributed by atoms with E-state index in [1.54, 1.807) is 24.3 Å². The summed E-state index contributed by atoms with van der Waals surface area (Å²) < 4.78 is 67.3. The van der Waals surface area contributed by atoms with E-state index in [2.05, 4.69) is 10.5 Å². The molecule has 0 fully saturated rings. The molecule has 0 aliphatic rings. The van der Waals surface area contributed by atoms with Crippen LogP contribution in [0.4, 0.5) is 18.9 Å². The number of benzene rings is 3. The summed E-state index contributed by atoms with van der Waals surface area (Å²) in [5.41, 5.74) is 1.06. The Hall–Kier alpha value is -3.57. The first-order chi connectivity index (χ1) is 16.4. The van der Waals surface area contributed by atoms with Gasteiger partial charge in [-0.15, -0.1) is 0 Å². The number of amides is 1. The normalized spacial score (nSPS) is 12.3. The first-order valence-corrected chi connectivity index (χ1v) is 11.8. The number of hydrazone groups is 1. The molecule has 0 saturated carbocycles. The van der Waals surface area contributed by atoms with Gasteiger partial charge in [-0.05, 0) is 49.4 Å². The van der Waals surface area contributed by atoms with Crippen molar-refractivity contribution in [2.45, 2.75) is 18.0 Å². The van der Waals surface area contributed by atoms with E-state index in [0.717, 1.165) is 12.1 Å². The van der Waals surface area contributed by atoms with Crippen molar-refractivity contribution in [3.05, 3.63) is 88.9 Å². The van der Waals surface area contributed by atoms with Crippen LogP contribution in [0.5, 0.6) is 5.75 Å². The molecule has 12 heteroatoms. The second-order valence-corrected chi connectivity index (χ2v) is 9.51. The van der Waals surface area contributed by atoms with Crippen LogP contribution in [0, 0.1) is 0 Å². The van der Waals surface area contributed by atoms with Gasteiger partial charge in [0.15, 0.2) is 0 Å². The number of nitrogens with zero attached hydrogens (tertiary/aromatic N) is 2. The van der Waals surface area contributed by atoms with Crippen LogP contribution in [-0.2, 0) is 21.0 Å². The van der Waals surface area contributed by atoms with Crippen molar-refractivity contribution in [1.82, 2.24) is 5.43 Å². The number of carbonyl (C=O) groups is 1. The van der Waals surface area contributed by atoms with Gasteiger partial charge in [0.1, 0.15) is 12.3 Å². The maximum absolute atomic E-state index is 13.4. The fourth-order valence-electron chi connectivity index (χ4n) is 3.07. The average Bonchev–Trinajstić information content (AvgIpc) is 2.81. The highest BCUT2D eigenvalue weighted by Crippen LogP contribution is 2.38. The lowest BCUT2D eigenvalue weighted by molar-refractivity contribution is -0.137. The zero-order valence-electron chi connectivity index (χ0n) is 18.1. The van der Waals surface area contributed by atoms with E-state index in [-0.39, 0.29) is 16.4 Å². The number of para-hydroxylation sites is 1. The molecule has 7 nitrogen and oxygen atoms in total. The number of alkyl halides is 3. The number of phenols is 1. The van der Waals surface area contributed by atoms with Gasteiger partial charge in [-0.3, -0.25) is 9.10 Å². The average molecular weight is 526 g/mol. The number of halogens is 4. The van der Waals surface area contributed by atoms with E-state index >= 15 is 0 Å². The molecule has 0 radical (unpaired) electrons. The van der Waals surface area contributed by atoms with Crippen LogP contribution in [-0.4, -0.2) is 31.7 Å². The highest BCUT2D eigenvalue weighted by molar-refractivity contribution is 7.92. The first kappa shape index (κ1) is 26.0. The van der Waals surface area contributed by atoms with Crippen LogP contribution in [0.1, 0.15) is 18.1 Å². The largest absolute Gasteiger partial charge is 0.507 e. The molecule has 3 rings (SSSR count). The van der Waals surface area contributed by atoms with Crippen LogP contribution in [0.3, 0.4) is 0 Å². The third-order valence-electron chi connectivity index (χ3n) is 4.80. The quantitative estimate of drug-likeness (QED) is 0.342. The summed E-state index contributed by atoms with van der Waals surface area (Å²) in [6.07, 6.45) is -4.85. The SMILES string of the molecule is C/C(=N\NC(=O)CN(c1ccc(Cl)c(C(F)(F)F)c1)S(=O)(=O)c1ccccc1)c1ccccc1O. The molecule has 3 aromatic rings. The van der Waals surface area contributed by atoms with Crippen molar-refractivity contribution in [1.29, 1.82) is 0 Å². The maximum atomic E-state index is 13.4. The number of aromatic hydroxyl groups is 1. The molecule has 0 aromatic heterocycles. The minimum absolute atomic E-state index is 0.0860. The molecule has 0 saturated heterocycles. The van der Waals surface area contributed by atoms with Crippen LogP contribution in [0.25, 0.3) is 0 Å². The van der Waals surface area contributed by atoms with Crippen molar-refractivity contribution in [3.63, 3.8) is 0 Å². The van der Waals surface area contributed by atoms with E-state index in [4.69, 9.17) is 11.6 Å². The number of nitrogens with one attached hydrogen (secondary N) is 1. The van der Waals surface area contributed by atoms with Gasteiger partial charge < -0.3 is 5.11 Å². The van der Waals surface area contributed by atoms with Gasteiger partial charge in [0.05, 0.1) is 26.9 Å². The van der Waals surface area contributed by atoms with Gasteiger partial charge in [-0.1, -0.05) is 41.9 Å². The first-order valence-electron chi connectivity index (χ1n) is 9.97. The molecule has 0 heterocycles. The minimum atomic E-state index is -4.85. The highest BCUT2D eigenvalue weighted by Gasteiger charge is 2.35. The predicted octanol–water partition coefficient (Wildman–Crippen LogP) is 4.80.